The van der Waals surface area contributed by atoms with Crippen LogP contribution in [0.3, 0.4) is 0 Å². The second kappa shape index (κ2) is 7.64. The Bertz CT molecular complexity index is 698. The van der Waals surface area contributed by atoms with Gasteiger partial charge in [0.25, 0.3) is 0 Å². The summed E-state index contributed by atoms with van der Waals surface area (Å²) in [6, 6.07) is 12.1. The van der Waals surface area contributed by atoms with Crippen LogP contribution in [0.25, 0.3) is 0 Å². The predicted molar refractivity (Wildman–Crippen MR) is 92.6 cm³/mol. The van der Waals surface area contributed by atoms with Crippen LogP contribution in [0.15, 0.2) is 52.3 Å². The Hall–Kier alpha value is -1.54. The van der Waals surface area contributed by atoms with Crippen LogP contribution in [0.5, 0.6) is 0 Å². The summed E-state index contributed by atoms with van der Waals surface area (Å²) in [5, 5.41) is 8.88. The summed E-state index contributed by atoms with van der Waals surface area (Å²) in [4.78, 5) is 24.4. The lowest BCUT2D eigenvalue weighted by Crippen LogP contribution is -2.04. The quantitative estimate of drug-likeness (QED) is 0.568. The monoisotopic (exact) mass is 428 g/mol. The van der Waals surface area contributed by atoms with E-state index < -0.39 is 5.97 Å². The minimum absolute atomic E-state index is 0.261. The summed E-state index contributed by atoms with van der Waals surface area (Å²) in [5.74, 6) is -1.27. The molecule has 0 saturated carbocycles. The molecule has 0 aliphatic rings. The van der Waals surface area contributed by atoms with Crippen molar-refractivity contribution in [2.75, 3.05) is 6.61 Å². The Morgan fingerprint density at radius 1 is 1.14 bits per heavy atom. The van der Waals surface area contributed by atoms with Crippen LogP contribution in [0.1, 0.15) is 27.6 Å². The van der Waals surface area contributed by atoms with Gasteiger partial charge < -0.3 is 9.84 Å². The molecule has 4 nitrogen and oxygen atoms in total. The highest BCUT2D eigenvalue weighted by Gasteiger charge is 2.10. The van der Waals surface area contributed by atoms with E-state index in [1.54, 1.807) is 43.3 Å². The first-order valence-corrected chi connectivity index (χ1v) is 8.38. The molecule has 0 aliphatic heterocycles. The Kier molecular flexibility index (Phi) is 5.84. The minimum atomic E-state index is -0.940. The van der Waals surface area contributed by atoms with Gasteiger partial charge in [-0.3, -0.25) is 0 Å². The highest BCUT2D eigenvalue weighted by molar-refractivity contribution is 14.1. The van der Waals surface area contributed by atoms with E-state index in [0.717, 1.165) is 13.4 Å². The van der Waals surface area contributed by atoms with E-state index in [1.807, 2.05) is 6.07 Å². The van der Waals surface area contributed by atoms with E-state index in [-0.39, 0.29) is 11.5 Å². The van der Waals surface area contributed by atoms with Crippen molar-refractivity contribution in [3.63, 3.8) is 0 Å². The molecular formula is C16H13IO4S. The highest BCUT2D eigenvalue weighted by atomic mass is 127. The number of carbonyl (C=O) groups excluding carboxylic acids is 1. The van der Waals surface area contributed by atoms with E-state index in [4.69, 9.17) is 9.84 Å². The van der Waals surface area contributed by atoms with Gasteiger partial charge in [-0.05, 0) is 72.0 Å². The maximum Gasteiger partial charge on any atom is 0.338 e. The lowest BCUT2D eigenvalue weighted by molar-refractivity contribution is 0.0525. The zero-order valence-corrected chi connectivity index (χ0v) is 14.7. The van der Waals surface area contributed by atoms with Crippen LogP contribution >= 0.6 is 34.4 Å². The molecule has 0 unspecified atom stereocenters. The largest absolute Gasteiger partial charge is 0.478 e. The highest BCUT2D eigenvalue weighted by Crippen LogP contribution is 2.32. The summed E-state index contributed by atoms with van der Waals surface area (Å²) >= 11 is 3.68. The Balaban J connectivity index is 2.16. The third kappa shape index (κ3) is 4.23. The first-order valence-electron chi connectivity index (χ1n) is 6.49. The maximum absolute atomic E-state index is 11.7. The summed E-state index contributed by atoms with van der Waals surface area (Å²) in [5.41, 5.74) is 0.786. The van der Waals surface area contributed by atoms with Crippen molar-refractivity contribution in [1.82, 2.24) is 0 Å². The number of halogens is 1. The van der Waals surface area contributed by atoms with Crippen LogP contribution < -0.4 is 0 Å². The van der Waals surface area contributed by atoms with Gasteiger partial charge in [-0.2, -0.15) is 0 Å². The molecule has 0 atom stereocenters. The van der Waals surface area contributed by atoms with Crippen molar-refractivity contribution in [3.8, 4) is 0 Å². The number of hydrogen-bond acceptors (Lipinski definition) is 4. The standard InChI is InChI=1S/C16H13IO4S/c1-2-21-16(20)11-5-8-14(13(17)9-11)22-12-6-3-10(4-7-12)15(18)19/h3-9H,2H2,1H3,(H,18,19). The van der Waals surface area contributed by atoms with Gasteiger partial charge in [0.15, 0.2) is 0 Å². The van der Waals surface area contributed by atoms with Crippen LogP contribution in [0, 0.1) is 3.57 Å². The molecule has 114 valence electrons. The Morgan fingerprint density at radius 3 is 2.32 bits per heavy atom. The Morgan fingerprint density at radius 2 is 1.77 bits per heavy atom. The molecule has 22 heavy (non-hydrogen) atoms. The van der Waals surface area contributed by atoms with Crippen molar-refractivity contribution < 1.29 is 19.4 Å². The molecule has 0 amide bonds. The van der Waals surface area contributed by atoms with Gasteiger partial charge in [0, 0.05) is 13.4 Å². The number of rotatable bonds is 5. The van der Waals surface area contributed by atoms with E-state index in [1.165, 1.54) is 11.8 Å². The zero-order chi connectivity index (χ0) is 16.1. The molecule has 0 radical (unpaired) electrons. The molecule has 0 bridgehead atoms. The van der Waals surface area contributed by atoms with Gasteiger partial charge in [-0.1, -0.05) is 11.8 Å². The lowest BCUT2D eigenvalue weighted by atomic mass is 10.2. The Labute approximate surface area is 146 Å². The molecular weight excluding hydrogens is 415 g/mol. The van der Waals surface area contributed by atoms with Gasteiger partial charge in [-0.25, -0.2) is 9.59 Å². The van der Waals surface area contributed by atoms with E-state index >= 15 is 0 Å². The predicted octanol–water partition coefficient (Wildman–Crippen LogP) is 4.32. The lowest BCUT2D eigenvalue weighted by Gasteiger charge is -2.07. The van der Waals surface area contributed by atoms with Gasteiger partial charge >= 0.3 is 11.9 Å². The van der Waals surface area contributed by atoms with Crippen molar-refractivity contribution >= 4 is 46.3 Å². The van der Waals surface area contributed by atoms with Crippen LogP contribution in [-0.4, -0.2) is 23.7 Å². The molecule has 0 saturated heterocycles. The number of benzene rings is 2. The molecule has 0 aliphatic carbocycles. The third-order valence-corrected chi connectivity index (χ3v) is 5.11. The number of carboxylic acids is 1. The number of carbonyl (C=O) groups is 2. The maximum atomic E-state index is 11.7. The summed E-state index contributed by atoms with van der Waals surface area (Å²) < 4.78 is 5.91. The smallest absolute Gasteiger partial charge is 0.338 e. The van der Waals surface area contributed by atoms with Crippen LogP contribution in [0.2, 0.25) is 0 Å². The summed E-state index contributed by atoms with van der Waals surface area (Å²) in [7, 11) is 0. The van der Waals surface area contributed by atoms with E-state index in [0.29, 0.717) is 12.2 Å². The molecule has 0 fully saturated rings. The third-order valence-electron chi connectivity index (χ3n) is 2.77. The van der Waals surface area contributed by atoms with Crippen LogP contribution in [0.4, 0.5) is 0 Å². The van der Waals surface area contributed by atoms with Crippen molar-refractivity contribution in [1.29, 1.82) is 0 Å². The SMILES string of the molecule is CCOC(=O)c1ccc(Sc2ccc(C(=O)O)cc2)c(I)c1. The second-order valence-corrected chi connectivity index (χ2v) is 6.57. The van der Waals surface area contributed by atoms with Crippen molar-refractivity contribution in [2.24, 2.45) is 0 Å². The number of carboxylic acid groups (broad SMARTS) is 1. The molecule has 0 heterocycles. The fourth-order valence-corrected chi connectivity index (χ4v) is 3.38. The normalized spacial score (nSPS) is 10.3. The molecule has 0 aromatic heterocycles. The fourth-order valence-electron chi connectivity index (χ4n) is 1.72. The molecule has 2 rings (SSSR count). The average molecular weight is 428 g/mol. The van der Waals surface area contributed by atoms with Gasteiger partial charge in [0.05, 0.1) is 17.7 Å². The average Bonchev–Trinajstić information content (AvgIpc) is 2.50. The van der Waals surface area contributed by atoms with Crippen molar-refractivity contribution in [2.45, 2.75) is 16.7 Å². The molecule has 2 aromatic carbocycles. The van der Waals surface area contributed by atoms with Gasteiger partial charge in [0.2, 0.25) is 0 Å². The second-order valence-electron chi connectivity index (χ2n) is 4.30. The zero-order valence-electron chi connectivity index (χ0n) is 11.7. The van der Waals surface area contributed by atoms with E-state index in [9.17, 15) is 9.59 Å². The number of hydrogen-bond donors (Lipinski definition) is 1. The first-order chi connectivity index (χ1) is 10.5. The first kappa shape index (κ1) is 16.8. The number of esters is 1. The number of aromatic carboxylic acids is 1. The molecule has 1 N–H and O–H groups in total. The van der Waals surface area contributed by atoms with E-state index in [2.05, 4.69) is 22.6 Å². The van der Waals surface area contributed by atoms with Gasteiger partial charge in [0.1, 0.15) is 0 Å². The fraction of sp³-hybridized carbons (Fsp3) is 0.125. The summed E-state index contributed by atoms with van der Waals surface area (Å²) in [6.45, 7) is 2.12. The van der Waals surface area contributed by atoms with Crippen LogP contribution in [-0.2, 0) is 4.74 Å². The molecule has 0 spiro atoms. The molecule has 6 heteroatoms. The van der Waals surface area contributed by atoms with Gasteiger partial charge in [-0.15, -0.1) is 0 Å². The van der Waals surface area contributed by atoms with Crippen molar-refractivity contribution in [3.05, 3.63) is 57.2 Å². The number of ether oxygens (including phenoxy) is 1. The minimum Gasteiger partial charge on any atom is -0.478 e. The topological polar surface area (TPSA) is 63.6 Å². The molecule has 2 aromatic rings. The summed E-state index contributed by atoms with van der Waals surface area (Å²) in [6.07, 6.45) is 0.